The van der Waals surface area contributed by atoms with Crippen LogP contribution in [0.4, 0.5) is 0 Å². The molecule has 0 aromatic heterocycles. The average molecular weight is 251 g/mol. The van der Waals surface area contributed by atoms with Crippen molar-refractivity contribution in [3.63, 3.8) is 0 Å². The lowest BCUT2D eigenvalue weighted by Gasteiger charge is -2.31. The number of fused-ring (bicyclic) bond motifs is 1. The first-order valence-electron chi connectivity index (χ1n) is 7.62. The summed E-state index contributed by atoms with van der Waals surface area (Å²) in [6.07, 6.45) is 2.76. The van der Waals surface area contributed by atoms with Gasteiger partial charge in [0.05, 0.1) is 0 Å². The van der Waals surface area contributed by atoms with Crippen molar-refractivity contribution >= 4 is 0 Å². The average Bonchev–Trinajstić information content (AvgIpc) is 2.62. The van der Waals surface area contributed by atoms with Gasteiger partial charge < -0.3 is 15.1 Å². The second-order valence-corrected chi connectivity index (χ2v) is 7.66. The second-order valence-electron chi connectivity index (χ2n) is 7.66. The largest absolute Gasteiger partial charge is 0.317 e. The molecule has 0 amide bonds. The zero-order valence-electron chi connectivity index (χ0n) is 12.3. The summed E-state index contributed by atoms with van der Waals surface area (Å²) >= 11 is 0. The highest BCUT2D eigenvalue weighted by molar-refractivity contribution is 5.09. The van der Waals surface area contributed by atoms with E-state index in [9.17, 15) is 0 Å². The lowest BCUT2D eigenvalue weighted by molar-refractivity contribution is 0.200. The minimum Gasteiger partial charge on any atom is -0.317 e. The summed E-state index contributed by atoms with van der Waals surface area (Å²) in [6, 6.07) is 0. The Morgan fingerprint density at radius 3 is 2.11 bits per heavy atom. The summed E-state index contributed by atoms with van der Waals surface area (Å²) in [4.78, 5) is 5.30. The Balaban J connectivity index is 1.61. The maximum absolute atomic E-state index is 3.48. The van der Waals surface area contributed by atoms with E-state index in [1.54, 1.807) is 0 Å². The quantitative estimate of drug-likeness (QED) is 0.797. The molecule has 0 radical (unpaired) electrons. The van der Waals surface area contributed by atoms with E-state index in [0.717, 1.165) is 5.92 Å². The van der Waals surface area contributed by atoms with Gasteiger partial charge in [-0.25, -0.2) is 0 Å². The fourth-order valence-corrected chi connectivity index (χ4v) is 4.71. The van der Waals surface area contributed by atoms with Crippen molar-refractivity contribution in [2.45, 2.75) is 26.7 Å². The van der Waals surface area contributed by atoms with Gasteiger partial charge >= 0.3 is 0 Å². The maximum atomic E-state index is 3.48. The smallest absolute Gasteiger partial charge is 0.00541 e. The monoisotopic (exact) mass is 251 g/mol. The first-order valence-corrected chi connectivity index (χ1v) is 7.62. The molecule has 3 aliphatic rings. The Hall–Kier alpha value is -0.120. The predicted octanol–water partition coefficient (Wildman–Crippen LogP) is 1.26. The van der Waals surface area contributed by atoms with Crippen LogP contribution in [0, 0.1) is 16.7 Å². The van der Waals surface area contributed by atoms with E-state index in [0.29, 0.717) is 10.8 Å². The lowest BCUT2D eigenvalue weighted by Crippen LogP contribution is -2.37. The van der Waals surface area contributed by atoms with Gasteiger partial charge in [0, 0.05) is 43.6 Å². The summed E-state index contributed by atoms with van der Waals surface area (Å²) in [5.74, 6) is 0.940. The first-order chi connectivity index (χ1) is 8.51. The summed E-state index contributed by atoms with van der Waals surface area (Å²) in [5, 5.41) is 3.48. The molecule has 3 nitrogen and oxygen atoms in total. The molecule has 3 aliphatic heterocycles. The zero-order chi connectivity index (χ0) is 12.8. The fourth-order valence-electron chi connectivity index (χ4n) is 4.71. The molecule has 3 heterocycles. The predicted molar refractivity (Wildman–Crippen MR) is 75.7 cm³/mol. The molecule has 0 aromatic carbocycles. The molecule has 0 bridgehead atoms. The van der Waals surface area contributed by atoms with Gasteiger partial charge in [0.1, 0.15) is 0 Å². The van der Waals surface area contributed by atoms with Gasteiger partial charge in [-0.05, 0) is 38.9 Å². The SMILES string of the molecule is CN1C[C@@]2(C)CN(CC3CCNCC3)C[C@@]2(C)C1. The Bertz CT molecular complexity index is 293. The van der Waals surface area contributed by atoms with Crippen LogP contribution in [0.5, 0.6) is 0 Å². The van der Waals surface area contributed by atoms with E-state index in [2.05, 4.69) is 36.0 Å². The van der Waals surface area contributed by atoms with Crippen LogP contribution in [0.1, 0.15) is 26.7 Å². The standard InChI is InChI=1S/C15H29N3/c1-14-9-17(3)10-15(14,2)12-18(11-14)8-13-4-6-16-7-5-13/h13,16H,4-12H2,1-3H3/t14-,15+. The minimum absolute atomic E-state index is 0.522. The van der Waals surface area contributed by atoms with E-state index in [-0.39, 0.29) is 0 Å². The highest BCUT2D eigenvalue weighted by atomic mass is 15.3. The Labute approximate surface area is 112 Å². The van der Waals surface area contributed by atoms with Gasteiger partial charge in [-0.3, -0.25) is 0 Å². The van der Waals surface area contributed by atoms with Gasteiger partial charge in [0.25, 0.3) is 0 Å². The molecule has 18 heavy (non-hydrogen) atoms. The van der Waals surface area contributed by atoms with Crippen LogP contribution >= 0.6 is 0 Å². The first kappa shape index (κ1) is 12.9. The number of nitrogens with one attached hydrogen (secondary N) is 1. The lowest BCUT2D eigenvalue weighted by atomic mass is 9.71. The second kappa shape index (κ2) is 4.46. The van der Waals surface area contributed by atoms with Crippen molar-refractivity contribution in [1.82, 2.24) is 15.1 Å². The molecule has 104 valence electrons. The van der Waals surface area contributed by atoms with Crippen molar-refractivity contribution < 1.29 is 0 Å². The molecule has 0 aromatic rings. The van der Waals surface area contributed by atoms with Gasteiger partial charge in [-0.15, -0.1) is 0 Å². The number of nitrogens with zero attached hydrogens (tertiary/aromatic N) is 2. The van der Waals surface area contributed by atoms with Crippen LogP contribution < -0.4 is 5.32 Å². The van der Waals surface area contributed by atoms with Gasteiger partial charge in [0.15, 0.2) is 0 Å². The van der Waals surface area contributed by atoms with E-state index in [4.69, 9.17) is 0 Å². The summed E-state index contributed by atoms with van der Waals surface area (Å²) in [6.45, 7) is 14.0. The molecule has 0 spiro atoms. The zero-order valence-corrected chi connectivity index (χ0v) is 12.3. The third-order valence-electron chi connectivity index (χ3n) is 5.82. The Morgan fingerprint density at radius 2 is 1.56 bits per heavy atom. The van der Waals surface area contributed by atoms with Gasteiger partial charge in [0.2, 0.25) is 0 Å². The molecule has 3 fully saturated rings. The number of likely N-dealkylation sites (tertiary alicyclic amines) is 2. The number of hydrogen-bond donors (Lipinski definition) is 1. The summed E-state index contributed by atoms with van der Waals surface area (Å²) in [5.41, 5.74) is 1.04. The maximum Gasteiger partial charge on any atom is 0.00541 e. The minimum atomic E-state index is 0.522. The molecule has 1 N–H and O–H groups in total. The molecule has 3 rings (SSSR count). The van der Waals surface area contributed by atoms with Crippen LogP contribution in [0.25, 0.3) is 0 Å². The normalized spacial score (nSPS) is 43.5. The highest BCUT2D eigenvalue weighted by Gasteiger charge is 2.56. The van der Waals surface area contributed by atoms with Crippen LogP contribution in [0.3, 0.4) is 0 Å². The van der Waals surface area contributed by atoms with Crippen molar-refractivity contribution in [2.75, 3.05) is 52.9 Å². The fraction of sp³-hybridized carbons (Fsp3) is 1.00. The Kier molecular flexibility index (Phi) is 3.20. The third kappa shape index (κ3) is 2.10. The highest BCUT2D eigenvalue weighted by Crippen LogP contribution is 2.51. The van der Waals surface area contributed by atoms with E-state index in [1.165, 1.54) is 58.7 Å². The van der Waals surface area contributed by atoms with E-state index >= 15 is 0 Å². The molecule has 0 unspecified atom stereocenters. The topological polar surface area (TPSA) is 18.5 Å². The van der Waals surface area contributed by atoms with E-state index in [1.807, 2.05) is 0 Å². The molecule has 0 aliphatic carbocycles. The van der Waals surface area contributed by atoms with Crippen molar-refractivity contribution in [1.29, 1.82) is 0 Å². The molecule has 3 saturated heterocycles. The number of rotatable bonds is 2. The third-order valence-corrected chi connectivity index (χ3v) is 5.82. The van der Waals surface area contributed by atoms with Gasteiger partial charge in [-0.2, -0.15) is 0 Å². The van der Waals surface area contributed by atoms with Crippen molar-refractivity contribution in [3.8, 4) is 0 Å². The van der Waals surface area contributed by atoms with Crippen LogP contribution in [-0.4, -0.2) is 62.7 Å². The number of hydrogen-bond acceptors (Lipinski definition) is 3. The molecule has 3 heteroatoms. The number of piperidine rings is 1. The van der Waals surface area contributed by atoms with Crippen LogP contribution in [-0.2, 0) is 0 Å². The van der Waals surface area contributed by atoms with Crippen LogP contribution in [0.15, 0.2) is 0 Å². The van der Waals surface area contributed by atoms with E-state index < -0.39 is 0 Å². The molecular formula is C15H29N3. The van der Waals surface area contributed by atoms with Crippen molar-refractivity contribution in [2.24, 2.45) is 16.7 Å². The molecule has 0 saturated carbocycles. The Morgan fingerprint density at radius 1 is 1.00 bits per heavy atom. The molecular weight excluding hydrogens is 222 g/mol. The molecule has 2 atom stereocenters. The summed E-state index contributed by atoms with van der Waals surface area (Å²) < 4.78 is 0. The van der Waals surface area contributed by atoms with Crippen LogP contribution in [0.2, 0.25) is 0 Å². The van der Waals surface area contributed by atoms with Gasteiger partial charge in [-0.1, -0.05) is 13.8 Å². The van der Waals surface area contributed by atoms with Crippen molar-refractivity contribution in [3.05, 3.63) is 0 Å². The summed E-state index contributed by atoms with van der Waals surface area (Å²) in [7, 11) is 2.28.